The second-order valence-corrected chi connectivity index (χ2v) is 4.55. The molecule has 0 spiro atoms. The predicted octanol–water partition coefficient (Wildman–Crippen LogP) is 1.96. The Morgan fingerprint density at radius 2 is 1.76 bits per heavy atom. The molecule has 1 aromatic carbocycles. The van der Waals surface area contributed by atoms with E-state index in [0.29, 0.717) is 12.0 Å². The van der Waals surface area contributed by atoms with Gasteiger partial charge in [0.05, 0.1) is 7.11 Å². The molecule has 1 aromatic rings. The van der Waals surface area contributed by atoms with Crippen molar-refractivity contribution < 1.29 is 26.3 Å². The van der Waals surface area contributed by atoms with Crippen LogP contribution in [0.25, 0.3) is 0 Å². The number of benzene rings is 1. The van der Waals surface area contributed by atoms with Crippen molar-refractivity contribution in [1.29, 1.82) is 0 Å². The average Bonchev–Trinajstić information content (AvgIpc) is 2.25. The van der Waals surface area contributed by atoms with Crippen LogP contribution in [0.15, 0.2) is 28.7 Å². The van der Waals surface area contributed by atoms with Gasteiger partial charge < -0.3 is 4.74 Å². The zero-order valence-corrected chi connectivity index (χ0v) is 9.42. The lowest BCUT2D eigenvalue weighted by Crippen LogP contribution is -2.20. The molecular formula is C9H8F3NO3S. The van der Waals surface area contributed by atoms with Gasteiger partial charge in [0.25, 0.3) is 0 Å². The molecule has 0 saturated heterocycles. The van der Waals surface area contributed by atoms with Crippen LogP contribution < -0.4 is 4.74 Å². The molecule has 94 valence electrons. The molecule has 0 aliphatic heterocycles. The van der Waals surface area contributed by atoms with E-state index in [4.69, 9.17) is 4.74 Å². The summed E-state index contributed by atoms with van der Waals surface area (Å²) in [5, 5.41) is 0. The Bertz CT molecular complexity index is 505. The lowest BCUT2D eigenvalue weighted by atomic mass is 10.2. The fraction of sp³-hybridized carbons (Fsp3) is 0.222. The molecule has 8 heteroatoms. The number of rotatable bonds is 3. The molecule has 17 heavy (non-hydrogen) atoms. The molecule has 0 aromatic heterocycles. The van der Waals surface area contributed by atoms with E-state index in [1.165, 1.54) is 31.4 Å². The Balaban J connectivity index is 2.91. The van der Waals surface area contributed by atoms with Gasteiger partial charge >= 0.3 is 15.5 Å². The van der Waals surface area contributed by atoms with Gasteiger partial charge in [-0.05, 0) is 29.8 Å². The van der Waals surface area contributed by atoms with E-state index in [1.807, 2.05) is 0 Å². The average molecular weight is 267 g/mol. The zero-order valence-electron chi connectivity index (χ0n) is 8.60. The van der Waals surface area contributed by atoms with E-state index < -0.39 is 15.5 Å². The van der Waals surface area contributed by atoms with Gasteiger partial charge in [0.2, 0.25) is 0 Å². The highest BCUT2D eigenvalue weighted by Gasteiger charge is 2.45. The maximum absolute atomic E-state index is 11.9. The Morgan fingerprint density at radius 1 is 1.24 bits per heavy atom. The number of nitrogens with zero attached hydrogens (tertiary/aromatic N) is 1. The molecule has 0 fully saturated rings. The van der Waals surface area contributed by atoms with Crippen molar-refractivity contribution in [2.24, 2.45) is 4.40 Å². The van der Waals surface area contributed by atoms with Gasteiger partial charge in [-0.2, -0.15) is 26.0 Å². The minimum atomic E-state index is -5.47. The molecule has 0 N–H and O–H groups in total. The van der Waals surface area contributed by atoms with Crippen molar-refractivity contribution in [3.05, 3.63) is 29.8 Å². The first-order chi connectivity index (χ1) is 7.76. The summed E-state index contributed by atoms with van der Waals surface area (Å²) in [6, 6.07) is 5.71. The minimum Gasteiger partial charge on any atom is -0.497 e. The maximum atomic E-state index is 11.9. The van der Waals surface area contributed by atoms with Crippen molar-refractivity contribution in [2.45, 2.75) is 5.51 Å². The SMILES string of the molecule is COc1ccc(C=NS(=O)(=O)C(F)(F)F)cc1. The third-order valence-corrected chi connectivity index (χ3v) is 2.72. The number of alkyl halides is 3. The number of methoxy groups -OCH3 is 1. The Morgan fingerprint density at radius 3 is 2.18 bits per heavy atom. The molecule has 4 nitrogen and oxygen atoms in total. The van der Waals surface area contributed by atoms with Gasteiger partial charge in [-0.25, -0.2) is 0 Å². The molecule has 0 atom stereocenters. The first-order valence-corrected chi connectivity index (χ1v) is 5.71. The van der Waals surface area contributed by atoms with Crippen LogP contribution in [-0.4, -0.2) is 27.3 Å². The van der Waals surface area contributed by atoms with Crippen molar-refractivity contribution in [1.82, 2.24) is 0 Å². The van der Waals surface area contributed by atoms with Crippen LogP contribution >= 0.6 is 0 Å². The Labute approximate surface area is 95.8 Å². The first kappa shape index (κ1) is 13.5. The van der Waals surface area contributed by atoms with Crippen LogP contribution in [0.1, 0.15) is 5.56 Å². The number of sulfonamides is 1. The Kier molecular flexibility index (Phi) is 3.76. The van der Waals surface area contributed by atoms with Gasteiger partial charge in [0.15, 0.2) is 0 Å². The summed E-state index contributed by atoms with van der Waals surface area (Å²) >= 11 is 0. The second-order valence-electron chi connectivity index (χ2n) is 2.93. The summed E-state index contributed by atoms with van der Waals surface area (Å²) in [6.45, 7) is 0. The molecule has 0 radical (unpaired) electrons. The number of halogens is 3. The van der Waals surface area contributed by atoms with E-state index in [9.17, 15) is 21.6 Å². The van der Waals surface area contributed by atoms with Crippen molar-refractivity contribution in [3.63, 3.8) is 0 Å². The molecule has 0 heterocycles. The highest BCUT2D eigenvalue weighted by atomic mass is 32.2. The van der Waals surface area contributed by atoms with Crippen molar-refractivity contribution >= 4 is 16.2 Å². The summed E-state index contributed by atoms with van der Waals surface area (Å²) in [7, 11) is -4.05. The number of hydrogen-bond donors (Lipinski definition) is 0. The summed E-state index contributed by atoms with van der Waals surface area (Å²) in [5.41, 5.74) is -5.16. The smallest absolute Gasteiger partial charge is 0.497 e. The zero-order chi connectivity index (χ0) is 13.1. The van der Waals surface area contributed by atoms with E-state index >= 15 is 0 Å². The molecule has 0 saturated carbocycles. The van der Waals surface area contributed by atoms with Crippen LogP contribution in [0.4, 0.5) is 13.2 Å². The number of hydrogen-bond acceptors (Lipinski definition) is 3. The summed E-state index contributed by atoms with van der Waals surface area (Å²) in [4.78, 5) is 0. The molecule has 0 bridgehead atoms. The first-order valence-electron chi connectivity index (χ1n) is 4.27. The standard InChI is InChI=1S/C9H8F3NO3S/c1-16-8-4-2-7(3-5-8)6-13-17(14,15)9(10,11)12/h2-6H,1H3. The fourth-order valence-electron chi connectivity index (χ4n) is 0.880. The van der Waals surface area contributed by atoms with Gasteiger partial charge in [0, 0.05) is 6.21 Å². The molecule has 0 unspecified atom stereocenters. The van der Waals surface area contributed by atoms with Crippen LogP contribution in [0.5, 0.6) is 5.75 Å². The van der Waals surface area contributed by atoms with Gasteiger partial charge in [0.1, 0.15) is 5.75 Å². The molecule has 0 aliphatic rings. The van der Waals surface area contributed by atoms with E-state index in [2.05, 4.69) is 4.40 Å². The normalized spacial score (nSPS) is 12.9. The minimum absolute atomic E-state index is 0.221. The highest BCUT2D eigenvalue weighted by Crippen LogP contribution is 2.24. The van der Waals surface area contributed by atoms with E-state index in [0.717, 1.165) is 0 Å². The van der Waals surface area contributed by atoms with Crippen LogP contribution in [0.2, 0.25) is 0 Å². The number of ether oxygens (including phenoxy) is 1. The maximum Gasteiger partial charge on any atom is 0.518 e. The van der Waals surface area contributed by atoms with Gasteiger partial charge in [-0.3, -0.25) is 0 Å². The molecule has 0 aliphatic carbocycles. The monoisotopic (exact) mass is 267 g/mol. The third kappa shape index (κ3) is 3.45. The largest absolute Gasteiger partial charge is 0.518 e. The Hall–Kier alpha value is -1.57. The topological polar surface area (TPSA) is 55.7 Å². The van der Waals surface area contributed by atoms with E-state index in [-0.39, 0.29) is 5.56 Å². The van der Waals surface area contributed by atoms with Crippen LogP contribution in [0, 0.1) is 0 Å². The lowest BCUT2D eigenvalue weighted by Gasteiger charge is -2.02. The van der Waals surface area contributed by atoms with Gasteiger partial charge in [-0.15, -0.1) is 0 Å². The fourth-order valence-corrected chi connectivity index (χ4v) is 1.26. The lowest BCUT2D eigenvalue weighted by molar-refractivity contribution is -0.0435. The van der Waals surface area contributed by atoms with Crippen molar-refractivity contribution in [2.75, 3.05) is 7.11 Å². The summed E-state index contributed by atoms with van der Waals surface area (Å²) in [5.74, 6) is 0.501. The quantitative estimate of drug-likeness (QED) is 0.787. The summed E-state index contributed by atoms with van der Waals surface area (Å²) in [6.07, 6.45) is 0.627. The van der Waals surface area contributed by atoms with Crippen molar-refractivity contribution in [3.8, 4) is 5.75 Å². The molecular weight excluding hydrogens is 259 g/mol. The molecule has 1 rings (SSSR count). The van der Waals surface area contributed by atoms with Gasteiger partial charge in [-0.1, -0.05) is 0 Å². The highest BCUT2D eigenvalue weighted by molar-refractivity contribution is 7.91. The van der Waals surface area contributed by atoms with Crippen LogP contribution in [-0.2, 0) is 10.0 Å². The summed E-state index contributed by atoms with van der Waals surface area (Å²) < 4.78 is 64.4. The van der Waals surface area contributed by atoms with E-state index in [1.54, 1.807) is 0 Å². The van der Waals surface area contributed by atoms with Crippen LogP contribution in [0.3, 0.4) is 0 Å². The second kappa shape index (κ2) is 4.74. The third-order valence-electron chi connectivity index (χ3n) is 1.75. The molecule has 0 amide bonds. The predicted molar refractivity (Wildman–Crippen MR) is 55.6 cm³/mol.